The quantitative estimate of drug-likeness (QED) is 0.823. The minimum atomic E-state index is 0.0499. The lowest BCUT2D eigenvalue weighted by atomic mass is 10.0. The van der Waals surface area contributed by atoms with E-state index in [1.165, 1.54) is 0 Å². The lowest BCUT2D eigenvalue weighted by Gasteiger charge is -2.16. The molecule has 0 atom stereocenters. The van der Waals surface area contributed by atoms with Crippen LogP contribution in [0.25, 0.3) is 0 Å². The number of nitrogens with zero attached hydrogens (tertiary/aromatic N) is 1. The molecule has 19 heavy (non-hydrogen) atoms. The van der Waals surface area contributed by atoms with Crippen LogP contribution < -0.4 is 0 Å². The van der Waals surface area contributed by atoms with Crippen molar-refractivity contribution in [3.8, 4) is 11.8 Å². The Balaban J connectivity index is 2.29. The van der Waals surface area contributed by atoms with E-state index >= 15 is 0 Å². The van der Waals surface area contributed by atoms with Gasteiger partial charge in [-0.2, -0.15) is 0 Å². The minimum Gasteiger partial charge on any atom is -0.395 e. The zero-order valence-electron chi connectivity index (χ0n) is 11.3. The Morgan fingerprint density at radius 1 is 1.37 bits per heavy atom. The van der Waals surface area contributed by atoms with Crippen molar-refractivity contribution in [2.24, 2.45) is 0 Å². The molecule has 3 nitrogen and oxygen atoms in total. The highest BCUT2D eigenvalue weighted by Crippen LogP contribution is 2.17. The number of rotatable bonds is 2. The first kappa shape index (κ1) is 13.6. The highest BCUT2D eigenvalue weighted by atomic mass is 16.2. The minimum absolute atomic E-state index is 0.0499. The van der Waals surface area contributed by atoms with Crippen molar-refractivity contribution in [3.63, 3.8) is 0 Å². The molecule has 0 aromatic heterocycles. The van der Waals surface area contributed by atoms with Gasteiger partial charge in [0.25, 0.3) is 5.91 Å². The maximum absolute atomic E-state index is 12.5. The van der Waals surface area contributed by atoms with Gasteiger partial charge in [0.05, 0.1) is 12.2 Å². The van der Waals surface area contributed by atoms with E-state index in [0.29, 0.717) is 12.0 Å². The van der Waals surface area contributed by atoms with Crippen molar-refractivity contribution in [3.05, 3.63) is 34.9 Å². The molecule has 2 rings (SSSR count). The Morgan fingerprint density at radius 3 is 2.79 bits per heavy atom. The van der Waals surface area contributed by atoms with Crippen LogP contribution in [0.5, 0.6) is 0 Å². The molecule has 1 saturated heterocycles. The van der Waals surface area contributed by atoms with Crippen molar-refractivity contribution in [1.82, 2.24) is 4.90 Å². The largest absolute Gasteiger partial charge is 0.395 e. The summed E-state index contributed by atoms with van der Waals surface area (Å²) in [6.07, 6.45) is 2.61. The van der Waals surface area contributed by atoms with Crippen molar-refractivity contribution < 1.29 is 9.90 Å². The topological polar surface area (TPSA) is 40.5 Å². The molecule has 100 valence electrons. The Labute approximate surface area is 114 Å². The predicted molar refractivity (Wildman–Crippen MR) is 74.9 cm³/mol. The third-order valence-electron chi connectivity index (χ3n) is 3.26. The molecule has 1 amide bonds. The standard InChI is InChI=1S/C16H19NO2/c1-13-7-8-14(6-2-5-11-18)15(12-13)16(19)17-9-3-4-10-17/h7-8,12,18H,3-5,9-11H2,1H3. The van der Waals surface area contributed by atoms with Gasteiger partial charge in [-0.3, -0.25) is 4.79 Å². The fourth-order valence-electron chi connectivity index (χ4n) is 2.25. The number of hydrogen-bond acceptors (Lipinski definition) is 2. The summed E-state index contributed by atoms with van der Waals surface area (Å²) in [6.45, 7) is 3.71. The summed E-state index contributed by atoms with van der Waals surface area (Å²) in [5, 5.41) is 8.76. The fourth-order valence-corrected chi connectivity index (χ4v) is 2.25. The molecule has 0 radical (unpaired) electrons. The maximum Gasteiger partial charge on any atom is 0.255 e. The second-order valence-corrected chi connectivity index (χ2v) is 4.82. The van der Waals surface area contributed by atoms with E-state index in [4.69, 9.17) is 5.11 Å². The number of aryl methyl sites for hydroxylation is 1. The summed E-state index contributed by atoms with van der Waals surface area (Å²) in [4.78, 5) is 14.4. The Hall–Kier alpha value is -1.79. The van der Waals surface area contributed by atoms with E-state index in [9.17, 15) is 4.79 Å². The molecule has 3 heteroatoms. The highest BCUT2D eigenvalue weighted by molar-refractivity contribution is 5.97. The fraction of sp³-hybridized carbons (Fsp3) is 0.438. The van der Waals surface area contributed by atoms with Gasteiger partial charge in [0.15, 0.2) is 0 Å². The number of aliphatic hydroxyl groups is 1. The van der Waals surface area contributed by atoms with Crippen LogP contribution in [0.2, 0.25) is 0 Å². The average molecular weight is 257 g/mol. The maximum atomic E-state index is 12.5. The number of likely N-dealkylation sites (tertiary alicyclic amines) is 1. The Bertz CT molecular complexity index is 519. The molecule has 0 spiro atoms. The molecule has 1 aliphatic rings. The number of amides is 1. The highest BCUT2D eigenvalue weighted by Gasteiger charge is 2.21. The van der Waals surface area contributed by atoms with Crippen LogP contribution in [-0.2, 0) is 0 Å². The lowest BCUT2D eigenvalue weighted by Crippen LogP contribution is -2.28. The molecule has 0 bridgehead atoms. The SMILES string of the molecule is Cc1ccc(C#CCCO)c(C(=O)N2CCCC2)c1. The smallest absolute Gasteiger partial charge is 0.255 e. The van der Waals surface area contributed by atoms with E-state index in [0.717, 1.165) is 37.1 Å². The molecule has 1 heterocycles. The van der Waals surface area contributed by atoms with Crippen LogP contribution in [0.15, 0.2) is 18.2 Å². The number of carbonyl (C=O) groups excluding carboxylic acids is 1. The Kier molecular flexibility index (Phi) is 4.59. The van der Waals surface area contributed by atoms with Gasteiger partial charge < -0.3 is 10.0 Å². The summed E-state index contributed by atoms with van der Waals surface area (Å²) in [7, 11) is 0. The molecular weight excluding hydrogens is 238 g/mol. The summed E-state index contributed by atoms with van der Waals surface area (Å²) in [5.74, 6) is 5.95. The first-order chi connectivity index (χ1) is 9.22. The second kappa shape index (κ2) is 6.40. The van der Waals surface area contributed by atoms with Crippen LogP contribution in [0.1, 0.15) is 40.7 Å². The van der Waals surface area contributed by atoms with Gasteiger partial charge in [-0.1, -0.05) is 23.5 Å². The van der Waals surface area contributed by atoms with Gasteiger partial charge in [0.2, 0.25) is 0 Å². The average Bonchev–Trinajstić information content (AvgIpc) is 2.94. The van der Waals surface area contributed by atoms with E-state index in [2.05, 4.69) is 11.8 Å². The van der Waals surface area contributed by atoms with E-state index < -0.39 is 0 Å². The normalized spacial score (nSPS) is 14.1. The van der Waals surface area contributed by atoms with Gasteiger partial charge in [0.1, 0.15) is 0 Å². The van der Waals surface area contributed by atoms with E-state index in [1.54, 1.807) is 0 Å². The predicted octanol–water partition coefficient (Wildman–Crippen LogP) is 1.96. The van der Waals surface area contributed by atoms with Crippen LogP contribution >= 0.6 is 0 Å². The van der Waals surface area contributed by atoms with Crippen LogP contribution in [0.4, 0.5) is 0 Å². The molecular formula is C16H19NO2. The van der Waals surface area contributed by atoms with Gasteiger partial charge in [-0.05, 0) is 31.9 Å². The molecule has 1 aromatic rings. The summed E-state index contributed by atoms with van der Waals surface area (Å²) >= 11 is 0. The molecule has 0 saturated carbocycles. The van der Waals surface area contributed by atoms with Crippen LogP contribution in [0, 0.1) is 18.8 Å². The third-order valence-corrected chi connectivity index (χ3v) is 3.26. The molecule has 1 N–H and O–H groups in total. The molecule has 0 unspecified atom stereocenters. The van der Waals surface area contributed by atoms with E-state index in [-0.39, 0.29) is 12.5 Å². The lowest BCUT2D eigenvalue weighted by molar-refractivity contribution is 0.0792. The number of benzene rings is 1. The Morgan fingerprint density at radius 2 is 2.11 bits per heavy atom. The van der Waals surface area contributed by atoms with Crippen molar-refractivity contribution in [2.45, 2.75) is 26.2 Å². The monoisotopic (exact) mass is 257 g/mol. The van der Waals surface area contributed by atoms with Gasteiger partial charge in [-0.15, -0.1) is 0 Å². The zero-order valence-corrected chi connectivity index (χ0v) is 11.3. The second-order valence-electron chi connectivity index (χ2n) is 4.82. The molecule has 1 aliphatic heterocycles. The van der Waals surface area contributed by atoms with Crippen LogP contribution in [0.3, 0.4) is 0 Å². The van der Waals surface area contributed by atoms with Gasteiger partial charge in [-0.25, -0.2) is 0 Å². The summed E-state index contributed by atoms with van der Waals surface area (Å²) in [6, 6.07) is 5.76. The van der Waals surface area contributed by atoms with Gasteiger partial charge in [0, 0.05) is 25.1 Å². The first-order valence-electron chi connectivity index (χ1n) is 6.72. The van der Waals surface area contributed by atoms with E-state index in [1.807, 2.05) is 30.0 Å². The number of carbonyl (C=O) groups is 1. The molecule has 0 aliphatic carbocycles. The van der Waals surface area contributed by atoms with Crippen LogP contribution in [-0.4, -0.2) is 35.6 Å². The van der Waals surface area contributed by atoms with Crippen molar-refractivity contribution in [1.29, 1.82) is 0 Å². The first-order valence-corrected chi connectivity index (χ1v) is 6.72. The third kappa shape index (κ3) is 3.36. The summed E-state index contributed by atoms with van der Waals surface area (Å²) < 4.78 is 0. The summed E-state index contributed by atoms with van der Waals surface area (Å²) in [5.41, 5.74) is 2.51. The van der Waals surface area contributed by atoms with Crippen molar-refractivity contribution in [2.75, 3.05) is 19.7 Å². The molecule has 1 aromatic carbocycles. The van der Waals surface area contributed by atoms with Crippen molar-refractivity contribution >= 4 is 5.91 Å². The zero-order chi connectivity index (χ0) is 13.7. The van der Waals surface area contributed by atoms with Gasteiger partial charge >= 0.3 is 0 Å². The molecule has 1 fully saturated rings. The number of hydrogen-bond donors (Lipinski definition) is 1. The number of aliphatic hydroxyl groups excluding tert-OH is 1.